The molecule has 0 atom stereocenters. The number of carbonyl (C=O) groups is 1. The highest BCUT2D eigenvalue weighted by atomic mass is 32.1. The second kappa shape index (κ2) is 5.00. The first-order chi connectivity index (χ1) is 8.16. The van der Waals surface area contributed by atoms with Crippen molar-refractivity contribution >= 4 is 22.6 Å². The molecular weight excluding hydrogens is 238 g/mol. The van der Waals surface area contributed by atoms with Crippen molar-refractivity contribution in [3.8, 4) is 0 Å². The van der Waals surface area contributed by atoms with Crippen molar-refractivity contribution in [3.05, 3.63) is 5.82 Å². The Morgan fingerprint density at radius 2 is 2.24 bits per heavy atom. The minimum absolute atomic E-state index is 0.459. The highest BCUT2D eigenvalue weighted by Crippen LogP contribution is 2.38. The molecule has 1 aromatic rings. The van der Waals surface area contributed by atoms with E-state index < -0.39 is 11.4 Å². The van der Waals surface area contributed by atoms with Crippen LogP contribution >= 0.6 is 11.5 Å². The van der Waals surface area contributed by atoms with Crippen molar-refractivity contribution in [2.45, 2.75) is 39.0 Å². The lowest BCUT2D eigenvalue weighted by atomic mass is 9.86. The summed E-state index contributed by atoms with van der Waals surface area (Å²) in [4.78, 5) is 15.6. The van der Waals surface area contributed by atoms with Gasteiger partial charge >= 0.3 is 5.97 Å². The lowest BCUT2D eigenvalue weighted by molar-refractivity contribution is -0.147. The maximum absolute atomic E-state index is 11.3. The summed E-state index contributed by atoms with van der Waals surface area (Å²) in [5.74, 6) is 0.121. The van der Waals surface area contributed by atoms with Crippen LogP contribution in [0, 0.1) is 5.41 Å². The highest BCUT2D eigenvalue weighted by molar-refractivity contribution is 7.09. The summed E-state index contributed by atoms with van der Waals surface area (Å²) in [5, 5.41) is 13.2. The molecule has 0 aliphatic heterocycles. The first-order valence-corrected chi connectivity index (χ1v) is 6.73. The van der Waals surface area contributed by atoms with Gasteiger partial charge < -0.3 is 10.4 Å². The number of aliphatic carboxylic acids is 1. The van der Waals surface area contributed by atoms with Gasteiger partial charge in [-0.2, -0.15) is 4.37 Å². The van der Waals surface area contributed by atoms with Crippen LogP contribution in [0.5, 0.6) is 0 Å². The number of nitrogens with one attached hydrogen (secondary N) is 1. The molecule has 1 aromatic heterocycles. The van der Waals surface area contributed by atoms with Crippen LogP contribution in [0.2, 0.25) is 0 Å². The third-order valence-corrected chi connectivity index (χ3v) is 4.09. The van der Waals surface area contributed by atoms with Crippen molar-refractivity contribution < 1.29 is 9.90 Å². The van der Waals surface area contributed by atoms with E-state index in [1.165, 1.54) is 11.5 Å². The van der Waals surface area contributed by atoms with Crippen LogP contribution in [0.15, 0.2) is 0 Å². The number of aromatic nitrogens is 2. The fraction of sp³-hybridized carbons (Fsp3) is 0.727. The van der Waals surface area contributed by atoms with E-state index in [-0.39, 0.29) is 0 Å². The van der Waals surface area contributed by atoms with Gasteiger partial charge in [0.05, 0.1) is 5.41 Å². The smallest absolute Gasteiger partial charge is 0.311 e. The fourth-order valence-electron chi connectivity index (χ4n) is 2.23. The highest BCUT2D eigenvalue weighted by Gasteiger charge is 2.41. The standard InChI is InChI=1S/C11H17N3O2S/c1-2-8-13-10(17-14-8)12-7-11(9(15)16)5-3-4-6-11/h2-7H2,1H3,(H,15,16)(H,12,13,14). The average molecular weight is 255 g/mol. The molecule has 1 fully saturated rings. The first kappa shape index (κ1) is 12.3. The van der Waals surface area contributed by atoms with Crippen molar-refractivity contribution in [2.24, 2.45) is 5.41 Å². The molecule has 2 N–H and O–H groups in total. The maximum atomic E-state index is 11.3. The molecule has 94 valence electrons. The summed E-state index contributed by atoms with van der Waals surface area (Å²) in [7, 11) is 0. The van der Waals surface area contributed by atoms with Gasteiger partial charge in [0.15, 0.2) is 0 Å². The van der Waals surface area contributed by atoms with E-state index in [0.29, 0.717) is 6.54 Å². The van der Waals surface area contributed by atoms with Gasteiger partial charge in [0, 0.05) is 24.5 Å². The Morgan fingerprint density at radius 1 is 1.53 bits per heavy atom. The molecule has 0 unspecified atom stereocenters. The monoisotopic (exact) mass is 255 g/mol. The molecule has 0 bridgehead atoms. The van der Waals surface area contributed by atoms with E-state index in [9.17, 15) is 9.90 Å². The number of anilines is 1. The molecule has 1 aliphatic rings. The number of carboxylic acid groups (broad SMARTS) is 1. The molecule has 17 heavy (non-hydrogen) atoms. The van der Waals surface area contributed by atoms with E-state index in [2.05, 4.69) is 14.7 Å². The maximum Gasteiger partial charge on any atom is 0.311 e. The van der Waals surface area contributed by atoms with Crippen molar-refractivity contribution in [1.82, 2.24) is 9.36 Å². The molecule has 0 radical (unpaired) electrons. The molecule has 2 rings (SSSR count). The van der Waals surface area contributed by atoms with Gasteiger partial charge in [0.2, 0.25) is 5.13 Å². The predicted octanol–water partition coefficient (Wildman–Crippen LogP) is 2.16. The van der Waals surface area contributed by atoms with E-state index >= 15 is 0 Å². The molecule has 1 aliphatic carbocycles. The summed E-state index contributed by atoms with van der Waals surface area (Å²) in [6.07, 6.45) is 4.33. The molecule has 0 spiro atoms. The van der Waals surface area contributed by atoms with Gasteiger partial charge in [-0.15, -0.1) is 0 Å². The Morgan fingerprint density at radius 3 is 2.76 bits per heavy atom. The number of nitrogens with zero attached hydrogens (tertiary/aromatic N) is 2. The summed E-state index contributed by atoms with van der Waals surface area (Å²) in [5.41, 5.74) is -0.599. The minimum Gasteiger partial charge on any atom is -0.481 e. The Kier molecular flexibility index (Phi) is 3.61. The molecular formula is C11H17N3O2S. The number of carboxylic acids is 1. The average Bonchev–Trinajstić information content (AvgIpc) is 2.96. The summed E-state index contributed by atoms with van der Waals surface area (Å²) in [6, 6.07) is 0. The van der Waals surface area contributed by atoms with Gasteiger partial charge in [0.1, 0.15) is 5.82 Å². The Bertz CT molecular complexity index is 399. The zero-order valence-corrected chi connectivity index (χ0v) is 10.7. The van der Waals surface area contributed by atoms with Gasteiger partial charge in [0.25, 0.3) is 0 Å². The van der Waals surface area contributed by atoms with E-state index in [4.69, 9.17) is 0 Å². The van der Waals surface area contributed by atoms with Gasteiger partial charge in [-0.3, -0.25) is 4.79 Å². The van der Waals surface area contributed by atoms with Crippen LogP contribution in [0.3, 0.4) is 0 Å². The predicted molar refractivity (Wildman–Crippen MR) is 66.3 cm³/mol. The molecule has 6 heteroatoms. The lowest BCUT2D eigenvalue weighted by Crippen LogP contribution is -2.35. The fourth-order valence-corrected chi connectivity index (χ4v) is 2.88. The minimum atomic E-state index is -0.692. The van der Waals surface area contributed by atoms with Crippen LogP contribution in [0.4, 0.5) is 5.13 Å². The second-order valence-electron chi connectivity index (χ2n) is 4.52. The third-order valence-electron chi connectivity index (χ3n) is 3.38. The van der Waals surface area contributed by atoms with Crippen LogP contribution in [-0.4, -0.2) is 27.0 Å². The van der Waals surface area contributed by atoms with Crippen LogP contribution in [0.1, 0.15) is 38.4 Å². The SMILES string of the molecule is CCc1nsc(NCC2(C(=O)O)CCCC2)n1. The molecule has 0 amide bonds. The number of hydrogen-bond acceptors (Lipinski definition) is 5. The van der Waals surface area contributed by atoms with Gasteiger partial charge in [-0.05, 0) is 12.8 Å². The summed E-state index contributed by atoms with van der Waals surface area (Å²) in [6.45, 7) is 2.46. The number of rotatable bonds is 5. The van der Waals surface area contributed by atoms with Crippen molar-refractivity contribution in [2.75, 3.05) is 11.9 Å². The van der Waals surface area contributed by atoms with Crippen LogP contribution in [0.25, 0.3) is 0 Å². The first-order valence-electron chi connectivity index (χ1n) is 5.96. The van der Waals surface area contributed by atoms with Crippen molar-refractivity contribution in [1.29, 1.82) is 0 Å². The van der Waals surface area contributed by atoms with Crippen LogP contribution < -0.4 is 5.32 Å². The Labute approximate surface area is 104 Å². The number of aryl methyl sites for hydroxylation is 1. The van der Waals surface area contributed by atoms with E-state index in [1.54, 1.807) is 0 Å². The zero-order valence-electron chi connectivity index (χ0n) is 9.90. The van der Waals surface area contributed by atoms with E-state index in [0.717, 1.165) is 43.1 Å². The molecule has 0 aromatic carbocycles. The van der Waals surface area contributed by atoms with E-state index in [1.807, 2.05) is 6.92 Å². The summed E-state index contributed by atoms with van der Waals surface area (Å²) >= 11 is 1.30. The summed E-state index contributed by atoms with van der Waals surface area (Å²) < 4.78 is 4.17. The van der Waals surface area contributed by atoms with Gasteiger partial charge in [-0.1, -0.05) is 19.8 Å². The van der Waals surface area contributed by atoms with Crippen molar-refractivity contribution in [3.63, 3.8) is 0 Å². The third kappa shape index (κ3) is 2.57. The number of hydrogen-bond donors (Lipinski definition) is 2. The normalized spacial score (nSPS) is 18.2. The topological polar surface area (TPSA) is 75.1 Å². The van der Waals surface area contributed by atoms with Crippen LogP contribution in [-0.2, 0) is 11.2 Å². The second-order valence-corrected chi connectivity index (χ2v) is 5.27. The molecule has 5 nitrogen and oxygen atoms in total. The Hall–Kier alpha value is -1.17. The molecule has 1 heterocycles. The largest absolute Gasteiger partial charge is 0.481 e. The Balaban J connectivity index is 1.98. The zero-order chi connectivity index (χ0) is 12.3. The van der Waals surface area contributed by atoms with Gasteiger partial charge in [-0.25, -0.2) is 4.98 Å². The molecule has 1 saturated carbocycles. The lowest BCUT2D eigenvalue weighted by Gasteiger charge is -2.23. The molecule has 0 saturated heterocycles. The quantitative estimate of drug-likeness (QED) is 0.843.